The van der Waals surface area contributed by atoms with E-state index in [9.17, 15) is 9.59 Å². The maximum absolute atomic E-state index is 11.6. The Kier molecular flexibility index (Phi) is 2.99. The molecule has 1 aliphatic rings. The van der Waals surface area contributed by atoms with E-state index in [4.69, 9.17) is 5.11 Å². The molecule has 0 saturated carbocycles. The summed E-state index contributed by atoms with van der Waals surface area (Å²) in [5.41, 5.74) is 1.51. The van der Waals surface area contributed by atoms with E-state index in [1.807, 2.05) is 6.92 Å². The second-order valence-corrected chi connectivity index (χ2v) is 4.07. The van der Waals surface area contributed by atoms with E-state index in [1.165, 1.54) is 6.07 Å². The van der Waals surface area contributed by atoms with Crippen molar-refractivity contribution in [1.29, 1.82) is 0 Å². The topological polar surface area (TPSA) is 78.4 Å². The highest BCUT2D eigenvalue weighted by molar-refractivity contribution is 5.98. The van der Waals surface area contributed by atoms with Gasteiger partial charge in [0.1, 0.15) is 0 Å². The van der Waals surface area contributed by atoms with Crippen molar-refractivity contribution in [3.63, 3.8) is 0 Å². The molecule has 0 bridgehead atoms. The average Bonchev–Trinajstić information content (AvgIpc) is 2.45. The number of carboxylic acid groups (broad SMARTS) is 1. The third kappa shape index (κ3) is 2.38. The lowest BCUT2D eigenvalue weighted by Gasteiger charge is -2.14. The minimum absolute atomic E-state index is 0.0419. The van der Waals surface area contributed by atoms with Crippen LogP contribution >= 0.6 is 0 Å². The van der Waals surface area contributed by atoms with Gasteiger partial charge in [-0.2, -0.15) is 0 Å². The molecule has 0 aromatic heterocycles. The zero-order valence-corrected chi connectivity index (χ0v) is 9.49. The summed E-state index contributed by atoms with van der Waals surface area (Å²) >= 11 is 0. The average molecular weight is 234 g/mol. The summed E-state index contributed by atoms with van der Waals surface area (Å²) in [5.74, 6) is -1.02. The zero-order chi connectivity index (χ0) is 12.4. The van der Waals surface area contributed by atoms with Gasteiger partial charge in [-0.3, -0.25) is 4.79 Å². The number of hydrogen-bond acceptors (Lipinski definition) is 3. The normalized spacial score (nSPS) is 18.6. The van der Waals surface area contributed by atoms with Crippen molar-refractivity contribution < 1.29 is 14.7 Å². The quantitative estimate of drug-likeness (QED) is 0.730. The minimum Gasteiger partial charge on any atom is -0.478 e. The Bertz CT molecular complexity index is 471. The molecule has 0 saturated heterocycles. The molecule has 0 aliphatic carbocycles. The van der Waals surface area contributed by atoms with E-state index in [0.717, 1.165) is 6.42 Å². The smallest absolute Gasteiger partial charge is 0.335 e. The first kappa shape index (κ1) is 11.4. The van der Waals surface area contributed by atoms with Gasteiger partial charge >= 0.3 is 5.97 Å². The van der Waals surface area contributed by atoms with Crippen LogP contribution < -0.4 is 10.6 Å². The Morgan fingerprint density at radius 1 is 1.47 bits per heavy atom. The third-order valence-corrected chi connectivity index (χ3v) is 2.82. The standard InChI is InChI=1S/C12H14N2O3/c1-2-8-6-11(15)14-9-4-3-7(12(16)17)5-10(9)13-8/h3-5,8,13H,2,6H2,1H3,(H,14,15)(H,16,17). The van der Waals surface area contributed by atoms with Crippen LogP contribution in [0.15, 0.2) is 18.2 Å². The molecule has 3 N–H and O–H groups in total. The molecule has 1 amide bonds. The molecule has 5 nitrogen and oxygen atoms in total. The van der Waals surface area contributed by atoms with E-state index >= 15 is 0 Å². The van der Waals surface area contributed by atoms with Crippen molar-refractivity contribution in [2.75, 3.05) is 10.6 Å². The molecule has 90 valence electrons. The molecule has 1 aromatic carbocycles. The van der Waals surface area contributed by atoms with Crippen LogP contribution in [-0.4, -0.2) is 23.0 Å². The van der Waals surface area contributed by atoms with Gasteiger partial charge in [0.2, 0.25) is 5.91 Å². The number of carbonyl (C=O) groups excluding carboxylic acids is 1. The third-order valence-electron chi connectivity index (χ3n) is 2.82. The van der Waals surface area contributed by atoms with E-state index in [1.54, 1.807) is 12.1 Å². The number of hydrogen-bond donors (Lipinski definition) is 3. The Labute approximate surface area is 98.8 Å². The monoisotopic (exact) mass is 234 g/mol. The van der Waals surface area contributed by atoms with Gasteiger partial charge in [-0.25, -0.2) is 4.79 Å². The molecule has 0 spiro atoms. The highest BCUT2D eigenvalue weighted by Crippen LogP contribution is 2.28. The number of carboxylic acids is 1. The van der Waals surface area contributed by atoms with Crippen molar-refractivity contribution in [2.24, 2.45) is 0 Å². The first-order chi connectivity index (χ1) is 8.10. The van der Waals surface area contributed by atoms with Crippen molar-refractivity contribution in [3.05, 3.63) is 23.8 Å². The zero-order valence-electron chi connectivity index (χ0n) is 9.49. The molecule has 0 radical (unpaired) electrons. The predicted molar refractivity (Wildman–Crippen MR) is 64.3 cm³/mol. The summed E-state index contributed by atoms with van der Waals surface area (Å²) in [6.45, 7) is 1.98. The van der Waals surface area contributed by atoms with Gasteiger partial charge in [0.25, 0.3) is 0 Å². The Hall–Kier alpha value is -2.04. The molecule has 5 heteroatoms. The summed E-state index contributed by atoms with van der Waals surface area (Å²) in [6.07, 6.45) is 1.21. The Morgan fingerprint density at radius 2 is 2.24 bits per heavy atom. The van der Waals surface area contributed by atoms with Gasteiger partial charge in [-0.05, 0) is 24.6 Å². The van der Waals surface area contributed by atoms with E-state index < -0.39 is 5.97 Å². The van der Waals surface area contributed by atoms with E-state index in [-0.39, 0.29) is 17.5 Å². The van der Waals surface area contributed by atoms with Gasteiger partial charge < -0.3 is 15.7 Å². The highest BCUT2D eigenvalue weighted by Gasteiger charge is 2.20. The largest absolute Gasteiger partial charge is 0.478 e. The summed E-state index contributed by atoms with van der Waals surface area (Å²) in [6, 6.07) is 4.68. The molecular formula is C12H14N2O3. The summed E-state index contributed by atoms with van der Waals surface area (Å²) in [7, 11) is 0. The second kappa shape index (κ2) is 4.45. The maximum atomic E-state index is 11.6. The van der Waals surface area contributed by atoms with E-state index in [0.29, 0.717) is 17.8 Å². The lowest BCUT2D eigenvalue weighted by molar-refractivity contribution is -0.116. The number of benzene rings is 1. The lowest BCUT2D eigenvalue weighted by atomic mass is 10.1. The van der Waals surface area contributed by atoms with Crippen LogP contribution in [-0.2, 0) is 4.79 Å². The number of carbonyl (C=O) groups is 2. The Morgan fingerprint density at radius 3 is 2.88 bits per heavy atom. The molecule has 1 heterocycles. The number of fused-ring (bicyclic) bond motifs is 1. The second-order valence-electron chi connectivity index (χ2n) is 4.07. The van der Waals surface area contributed by atoms with Crippen LogP contribution in [0.3, 0.4) is 0 Å². The summed E-state index contributed by atoms with van der Waals surface area (Å²) in [4.78, 5) is 22.4. The fourth-order valence-corrected chi connectivity index (χ4v) is 1.85. The molecule has 17 heavy (non-hydrogen) atoms. The van der Waals surface area contributed by atoms with Crippen LogP contribution in [0.25, 0.3) is 0 Å². The van der Waals surface area contributed by atoms with Gasteiger partial charge in [0.15, 0.2) is 0 Å². The number of rotatable bonds is 2. The van der Waals surface area contributed by atoms with Crippen molar-refractivity contribution in [3.8, 4) is 0 Å². The molecule has 1 unspecified atom stereocenters. The Balaban J connectivity index is 2.39. The number of amides is 1. The van der Waals surface area contributed by atoms with Gasteiger partial charge in [-0.15, -0.1) is 0 Å². The van der Waals surface area contributed by atoms with Crippen LogP contribution in [0, 0.1) is 0 Å². The fourth-order valence-electron chi connectivity index (χ4n) is 1.85. The first-order valence-electron chi connectivity index (χ1n) is 5.54. The SMILES string of the molecule is CCC1CC(=O)Nc2ccc(C(=O)O)cc2N1. The maximum Gasteiger partial charge on any atom is 0.335 e. The first-order valence-corrected chi connectivity index (χ1v) is 5.54. The fraction of sp³-hybridized carbons (Fsp3) is 0.333. The number of nitrogens with one attached hydrogen (secondary N) is 2. The van der Waals surface area contributed by atoms with Crippen LogP contribution in [0.2, 0.25) is 0 Å². The van der Waals surface area contributed by atoms with Gasteiger partial charge in [0, 0.05) is 12.5 Å². The molecular weight excluding hydrogens is 220 g/mol. The summed E-state index contributed by atoms with van der Waals surface area (Å²) < 4.78 is 0. The van der Waals surface area contributed by atoms with Crippen molar-refractivity contribution >= 4 is 23.3 Å². The summed E-state index contributed by atoms with van der Waals surface area (Å²) in [5, 5.41) is 14.9. The van der Waals surface area contributed by atoms with Crippen molar-refractivity contribution in [1.82, 2.24) is 0 Å². The number of aromatic carboxylic acids is 1. The minimum atomic E-state index is -0.974. The van der Waals surface area contributed by atoms with E-state index in [2.05, 4.69) is 10.6 Å². The molecule has 0 fully saturated rings. The van der Waals surface area contributed by atoms with Crippen LogP contribution in [0.5, 0.6) is 0 Å². The molecule has 1 atom stereocenters. The van der Waals surface area contributed by atoms with Gasteiger partial charge in [-0.1, -0.05) is 6.92 Å². The predicted octanol–water partition coefficient (Wildman–Crippen LogP) is 1.92. The van der Waals surface area contributed by atoms with Crippen LogP contribution in [0.1, 0.15) is 30.1 Å². The molecule has 1 aromatic rings. The highest BCUT2D eigenvalue weighted by atomic mass is 16.4. The molecule has 2 rings (SSSR count). The van der Waals surface area contributed by atoms with Crippen molar-refractivity contribution in [2.45, 2.75) is 25.8 Å². The molecule has 1 aliphatic heterocycles. The van der Waals surface area contributed by atoms with Crippen LogP contribution in [0.4, 0.5) is 11.4 Å². The lowest BCUT2D eigenvalue weighted by Crippen LogP contribution is -2.21. The van der Waals surface area contributed by atoms with Gasteiger partial charge in [0.05, 0.1) is 16.9 Å². The number of anilines is 2.